The van der Waals surface area contributed by atoms with E-state index in [4.69, 9.17) is 0 Å². The Labute approximate surface area is 89.8 Å². The van der Waals surface area contributed by atoms with Crippen molar-refractivity contribution >= 4 is 14.1 Å². The molecule has 13 heavy (non-hydrogen) atoms. The molecule has 0 rings (SSSR count). The smallest absolute Gasteiger partial charge is 0.103 e. The minimum absolute atomic E-state index is 0.171. The van der Waals surface area contributed by atoms with Gasteiger partial charge in [-0.1, -0.05) is 62.5 Å². The molecule has 0 amide bonds. The third-order valence-electron chi connectivity index (χ3n) is 2.49. The van der Waals surface area contributed by atoms with Crippen molar-refractivity contribution in [2.24, 2.45) is 0 Å². The molecular formula is C12H27Al. The van der Waals surface area contributed by atoms with Gasteiger partial charge in [-0.25, -0.2) is 0 Å². The van der Waals surface area contributed by atoms with E-state index in [-0.39, 0.29) is 14.1 Å². The Kier molecular flexibility index (Phi) is 17.9. The van der Waals surface area contributed by atoms with Crippen LogP contribution in [0.5, 0.6) is 0 Å². The number of hydrogen-bond acceptors (Lipinski definition) is 0. The molecule has 0 fully saturated rings. The van der Waals surface area contributed by atoms with Crippen LogP contribution in [0.1, 0.15) is 47.0 Å². The number of allylic oxidation sites excluding steroid dienone is 1. The van der Waals surface area contributed by atoms with E-state index in [1.807, 2.05) is 6.08 Å². The van der Waals surface area contributed by atoms with Crippen LogP contribution in [0.4, 0.5) is 0 Å². The van der Waals surface area contributed by atoms with Gasteiger partial charge in [-0.15, -0.1) is 6.58 Å². The lowest BCUT2D eigenvalue weighted by Crippen LogP contribution is -2.04. The Morgan fingerprint density at radius 2 is 1.46 bits per heavy atom. The third-order valence-corrected chi connectivity index (χ3v) is 5.96. The van der Waals surface area contributed by atoms with Crippen molar-refractivity contribution in [1.29, 1.82) is 0 Å². The summed E-state index contributed by atoms with van der Waals surface area (Å²) in [6.45, 7) is 12.8. The molecular weight excluding hydrogens is 171 g/mol. The fourth-order valence-corrected chi connectivity index (χ4v) is 2.95. The summed E-state index contributed by atoms with van der Waals surface area (Å²) < 4.78 is 0. The lowest BCUT2D eigenvalue weighted by molar-refractivity contribution is 0.816. The van der Waals surface area contributed by atoms with Gasteiger partial charge in [-0.05, 0) is 6.42 Å². The summed E-state index contributed by atoms with van der Waals surface area (Å²) in [5, 5.41) is 4.48. The normalized spacial score (nSPS) is 8.62. The summed E-state index contributed by atoms with van der Waals surface area (Å²) in [4.78, 5) is 0. The lowest BCUT2D eigenvalue weighted by atomic mass is 10.3. The van der Waals surface area contributed by atoms with E-state index in [1.54, 1.807) is 0 Å². The van der Waals surface area contributed by atoms with Crippen molar-refractivity contribution in [3.05, 3.63) is 12.7 Å². The van der Waals surface area contributed by atoms with Crippen molar-refractivity contribution in [2.45, 2.75) is 62.8 Å². The molecule has 0 N–H and O–H groups in total. The standard InChI is InChI=1S/C6H12.3C2H5.Al/c1-3-5-6-4-2;3*1-2;/h3H,1,4-6H2,2H3;3*1H2,2H3;. The van der Waals surface area contributed by atoms with Gasteiger partial charge in [0, 0.05) is 0 Å². The zero-order chi connectivity index (χ0) is 10.5. The molecule has 0 aromatic heterocycles. The van der Waals surface area contributed by atoms with Gasteiger partial charge in [0.25, 0.3) is 14.1 Å². The van der Waals surface area contributed by atoms with Crippen LogP contribution in [0, 0.1) is 0 Å². The Morgan fingerprint density at radius 3 is 1.54 bits per heavy atom. The van der Waals surface area contributed by atoms with E-state index in [9.17, 15) is 0 Å². The van der Waals surface area contributed by atoms with E-state index in [2.05, 4.69) is 34.3 Å². The van der Waals surface area contributed by atoms with Crippen LogP contribution in [0.3, 0.4) is 0 Å². The molecule has 78 valence electrons. The summed E-state index contributed by atoms with van der Waals surface area (Å²) in [6, 6.07) is 0. The molecule has 0 saturated carbocycles. The molecule has 0 aliphatic rings. The second kappa shape index (κ2) is 14.8. The zero-order valence-electron chi connectivity index (χ0n) is 10.1. The predicted molar refractivity (Wildman–Crippen MR) is 66.9 cm³/mol. The maximum atomic E-state index is 3.60. The second-order valence-electron chi connectivity index (χ2n) is 3.52. The number of hydrogen-bond donors (Lipinski definition) is 0. The van der Waals surface area contributed by atoms with Gasteiger partial charge >= 0.3 is 0 Å². The van der Waals surface area contributed by atoms with Gasteiger partial charge < -0.3 is 0 Å². The van der Waals surface area contributed by atoms with Crippen LogP contribution in [0.2, 0.25) is 15.8 Å². The molecule has 0 atom stereocenters. The SMILES string of the molecule is C=CCCCC.C[CH2][Al]([CH2]C)[CH2]C. The Hall–Kier alpha value is 0.272. The maximum absolute atomic E-state index is 3.60. The monoisotopic (exact) mass is 198 g/mol. The summed E-state index contributed by atoms with van der Waals surface area (Å²) in [6.07, 6.45) is 5.72. The molecule has 0 unspecified atom stereocenters. The molecule has 0 radical (unpaired) electrons. The number of rotatable bonds is 6. The van der Waals surface area contributed by atoms with Gasteiger partial charge in [0.05, 0.1) is 0 Å². The quantitative estimate of drug-likeness (QED) is 0.323. The summed E-state index contributed by atoms with van der Waals surface area (Å²) in [5.41, 5.74) is 0. The Bertz CT molecular complexity index is 79.6. The fourth-order valence-electron chi connectivity index (χ4n) is 1.21. The van der Waals surface area contributed by atoms with Crippen molar-refractivity contribution in [1.82, 2.24) is 0 Å². The van der Waals surface area contributed by atoms with Crippen LogP contribution >= 0.6 is 0 Å². The third kappa shape index (κ3) is 15.1. The van der Waals surface area contributed by atoms with E-state index >= 15 is 0 Å². The summed E-state index contributed by atoms with van der Waals surface area (Å²) >= 11 is -0.171. The summed E-state index contributed by atoms with van der Waals surface area (Å²) in [7, 11) is 0. The Balaban J connectivity index is 0. The Morgan fingerprint density at radius 1 is 1.00 bits per heavy atom. The van der Waals surface area contributed by atoms with Crippen molar-refractivity contribution in [3.8, 4) is 0 Å². The molecule has 0 aromatic carbocycles. The molecule has 0 saturated heterocycles. The van der Waals surface area contributed by atoms with Crippen LogP contribution in [0.25, 0.3) is 0 Å². The zero-order valence-corrected chi connectivity index (χ0v) is 11.3. The molecule has 0 spiro atoms. The molecule has 0 aliphatic carbocycles. The first kappa shape index (κ1) is 15.7. The first-order valence-electron chi connectivity index (χ1n) is 5.87. The maximum Gasteiger partial charge on any atom is 0.261 e. The second-order valence-corrected chi connectivity index (χ2v) is 7.70. The van der Waals surface area contributed by atoms with Gasteiger partial charge in [0.1, 0.15) is 0 Å². The first-order chi connectivity index (χ1) is 6.26. The fraction of sp³-hybridized carbons (Fsp3) is 0.833. The van der Waals surface area contributed by atoms with Crippen LogP contribution in [0.15, 0.2) is 12.7 Å². The van der Waals surface area contributed by atoms with E-state index in [1.165, 1.54) is 35.1 Å². The molecule has 0 nitrogen and oxygen atoms in total. The molecule has 0 heterocycles. The first-order valence-corrected chi connectivity index (χ1v) is 8.32. The molecule has 0 bridgehead atoms. The highest BCUT2D eigenvalue weighted by Crippen LogP contribution is 2.01. The van der Waals surface area contributed by atoms with Crippen molar-refractivity contribution < 1.29 is 0 Å². The average molecular weight is 198 g/mol. The predicted octanol–water partition coefficient (Wildman–Crippen LogP) is 4.90. The minimum Gasteiger partial charge on any atom is -0.103 e. The highest BCUT2D eigenvalue weighted by Gasteiger charge is 2.05. The topological polar surface area (TPSA) is 0 Å². The van der Waals surface area contributed by atoms with Crippen LogP contribution in [-0.4, -0.2) is 14.1 Å². The van der Waals surface area contributed by atoms with Crippen molar-refractivity contribution in [2.75, 3.05) is 0 Å². The van der Waals surface area contributed by atoms with Crippen molar-refractivity contribution in [3.63, 3.8) is 0 Å². The van der Waals surface area contributed by atoms with Gasteiger partial charge in [0.15, 0.2) is 0 Å². The van der Waals surface area contributed by atoms with Gasteiger partial charge in [-0.2, -0.15) is 0 Å². The molecule has 1 heteroatoms. The van der Waals surface area contributed by atoms with Gasteiger partial charge in [-0.3, -0.25) is 0 Å². The van der Waals surface area contributed by atoms with Gasteiger partial charge in [0.2, 0.25) is 0 Å². The lowest BCUT2D eigenvalue weighted by Gasteiger charge is -1.97. The summed E-state index contributed by atoms with van der Waals surface area (Å²) in [5.74, 6) is 0. The number of unbranched alkanes of at least 4 members (excludes halogenated alkanes) is 2. The highest BCUT2D eigenvalue weighted by molar-refractivity contribution is 6.58. The van der Waals surface area contributed by atoms with E-state index < -0.39 is 0 Å². The minimum atomic E-state index is -0.171. The van der Waals surface area contributed by atoms with Crippen LogP contribution in [-0.2, 0) is 0 Å². The molecule has 0 aliphatic heterocycles. The average Bonchev–Trinajstić information content (AvgIpc) is 2.18. The van der Waals surface area contributed by atoms with E-state index in [0.29, 0.717) is 0 Å². The van der Waals surface area contributed by atoms with E-state index in [0.717, 1.165) is 0 Å². The largest absolute Gasteiger partial charge is 0.261 e. The highest BCUT2D eigenvalue weighted by atomic mass is 27.2. The van der Waals surface area contributed by atoms with Crippen LogP contribution < -0.4 is 0 Å². The molecule has 0 aromatic rings.